The number of rotatable bonds is 2. The summed E-state index contributed by atoms with van der Waals surface area (Å²) in [6, 6.07) is 5.25. The first-order chi connectivity index (χ1) is 11.5. The van der Waals surface area contributed by atoms with Crippen molar-refractivity contribution in [2.75, 3.05) is 0 Å². The van der Waals surface area contributed by atoms with Crippen LogP contribution < -0.4 is 0 Å². The molecule has 1 aromatic carbocycles. The Morgan fingerprint density at radius 2 is 1.79 bits per heavy atom. The number of fused-ring (bicyclic) bond motifs is 2. The third kappa shape index (κ3) is 2.52. The van der Waals surface area contributed by atoms with Crippen molar-refractivity contribution in [3.8, 4) is 10.6 Å². The maximum Gasteiger partial charge on any atom is 0.152 e. The van der Waals surface area contributed by atoms with Crippen LogP contribution in [0.1, 0.15) is 35.8 Å². The monoisotopic (exact) mass is 379 g/mol. The third-order valence-corrected chi connectivity index (χ3v) is 6.64. The summed E-state index contributed by atoms with van der Waals surface area (Å²) in [6.45, 7) is 1.91. The van der Waals surface area contributed by atoms with Gasteiger partial charge in [-0.2, -0.15) is 0 Å². The number of carbonyl (C=O) groups is 2. The number of benzene rings is 1. The molecule has 3 nitrogen and oxygen atoms in total. The Balaban J connectivity index is 1.76. The Bertz CT molecular complexity index is 839. The van der Waals surface area contributed by atoms with E-state index in [1.165, 1.54) is 11.3 Å². The minimum atomic E-state index is -0.688. The summed E-state index contributed by atoms with van der Waals surface area (Å²) in [5, 5.41) is 1.80. The van der Waals surface area contributed by atoms with Crippen LogP contribution in [0.2, 0.25) is 10.0 Å². The van der Waals surface area contributed by atoms with E-state index in [9.17, 15) is 9.59 Å². The van der Waals surface area contributed by atoms with Crippen molar-refractivity contribution in [3.05, 3.63) is 38.8 Å². The van der Waals surface area contributed by atoms with Crippen LogP contribution in [-0.4, -0.2) is 16.6 Å². The molecule has 0 saturated heterocycles. The highest BCUT2D eigenvalue weighted by Crippen LogP contribution is 2.45. The number of ketones is 2. The maximum absolute atomic E-state index is 12.7. The Kier molecular flexibility index (Phi) is 4.02. The van der Waals surface area contributed by atoms with Gasteiger partial charge in [-0.05, 0) is 44.4 Å². The van der Waals surface area contributed by atoms with Crippen molar-refractivity contribution in [1.82, 2.24) is 4.98 Å². The van der Waals surface area contributed by atoms with Gasteiger partial charge in [0.1, 0.15) is 10.9 Å². The molecule has 2 aliphatic carbocycles. The lowest BCUT2D eigenvalue weighted by Gasteiger charge is -2.24. The van der Waals surface area contributed by atoms with Crippen LogP contribution in [0.4, 0.5) is 0 Å². The van der Waals surface area contributed by atoms with Gasteiger partial charge in [0.15, 0.2) is 11.6 Å². The first-order valence-corrected chi connectivity index (χ1v) is 9.53. The van der Waals surface area contributed by atoms with E-state index in [1.54, 1.807) is 12.1 Å². The van der Waals surface area contributed by atoms with Crippen LogP contribution in [0.15, 0.2) is 18.2 Å². The van der Waals surface area contributed by atoms with E-state index in [-0.39, 0.29) is 23.4 Å². The second kappa shape index (κ2) is 5.94. The van der Waals surface area contributed by atoms with E-state index < -0.39 is 5.92 Å². The fourth-order valence-electron chi connectivity index (χ4n) is 3.83. The van der Waals surface area contributed by atoms with Gasteiger partial charge in [0.05, 0.1) is 10.7 Å². The molecule has 1 aromatic heterocycles. The SMILES string of the molecule is Cc1sc(-c2ccc(Cl)cc2Cl)nc1C1C(=O)[C@@H]2CC[C@@H](C2)C1=O. The molecule has 0 aliphatic heterocycles. The lowest BCUT2D eigenvalue weighted by molar-refractivity contribution is -0.136. The summed E-state index contributed by atoms with van der Waals surface area (Å²) in [4.78, 5) is 31.0. The van der Waals surface area contributed by atoms with Gasteiger partial charge in [-0.1, -0.05) is 23.2 Å². The number of thiazole rings is 1. The average Bonchev–Trinajstić information content (AvgIpc) is 3.12. The first-order valence-electron chi connectivity index (χ1n) is 7.96. The maximum atomic E-state index is 12.7. The number of nitrogens with zero attached hydrogens (tertiary/aromatic N) is 1. The van der Waals surface area contributed by atoms with Gasteiger partial charge < -0.3 is 0 Å². The molecule has 24 heavy (non-hydrogen) atoms. The molecule has 2 aliphatic rings. The summed E-state index contributed by atoms with van der Waals surface area (Å²) in [6.07, 6.45) is 2.41. The number of aromatic nitrogens is 1. The average molecular weight is 380 g/mol. The highest BCUT2D eigenvalue weighted by Gasteiger charge is 2.48. The van der Waals surface area contributed by atoms with E-state index in [0.717, 1.165) is 34.7 Å². The van der Waals surface area contributed by atoms with Crippen molar-refractivity contribution in [3.63, 3.8) is 0 Å². The van der Waals surface area contributed by atoms with Crippen LogP contribution in [-0.2, 0) is 9.59 Å². The molecule has 2 bridgehead atoms. The van der Waals surface area contributed by atoms with E-state index in [4.69, 9.17) is 23.2 Å². The summed E-state index contributed by atoms with van der Waals surface area (Å²) in [5.41, 5.74) is 1.40. The molecular formula is C18H15Cl2NO2S. The zero-order valence-electron chi connectivity index (χ0n) is 13.0. The van der Waals surface area contributed by atoms with Crippen LogP contribution >= 0.6 is 34.5 Å². The van der Waals surface area contributed by atoms with Crippen molar-refractivity contribution in [2.24, 2.45) is 11.8 Å². The normalized spacial score (nSPS) is 26.2. The van der Waals surface area contributed by atoms with Gasteiger partial charge in [0.2, 0.25) is 0 Å². The topological polar surface area (TPSA) is 47.0 Å². The first kappa shape index (κ1) is 16.2. The van der Waals surface area contributed by atoms with Crippen molar-refractivity contribution < 1.29 is 9.59 Å². The second-order valence-corrected chi connectivity index (χ2v) is 8.58. The molecule has 0 amide bonds. The van der Waals surface area contributed by atoms with Crippen LogP contribution in [0.3, 0.4) is 0 Å². The molecule has 0 N–H and O–H groups in total. The fraction of sp³-hybridized carbons (Fsp3) is 0.389. The Labute approximate surface area is 154 Å². The molecule has 3 atom stereocenters. The minimum Gasteiger partial charge on any atom is -0.298 e. The summed E-state index contributed by atoms with van der Waals surface area (Å²) >= 11 is 13.7. The van der Waals surface area contributed by atoms with Gasteiger partial charge in [-0.15, -0.1) is 11.3 Å². The van der Waals surface area contributed by atoms with Crippen molar-refractivity contribution >= 4 is 46.1 Å². The quantitative estimate of drug-likeness (QED) is 0.683. The zero-order valence-corrected chi connectivity index (χ0v) is 15.3. The van der Waals surface area contributed by atoms with Gasteiger partial charge in [0.25, 0.3) is 0 Å². The van der Waals surface area contributed by atoms with E-state index in [1.807, 2.05) is 13.0 Å². The highest BCUT2D eigenvalue weighted by molar-refractivity contribution is 7.15. The second-order valence-electron chi connectivity index (χ2n) is 6.53. The molecule has 6 heteroatoms. The molecule has 2 fully saturated rings. The van der Waals surface area contributed by atoms with Crippen LogP contribution in [0, 0.1) is 18.8 Å². The van der Waals surface area contributed by atoms with Crippen molar-refractivity contribution in [1.29, 1.82) is 0 Å². The molecule has 0 radical (unpaired) electrons. The molecule has 4 rings (SSSR count). The van der Waals surface area contributed by atoms with E-state index >= 15 is 0 Å². The Hall–Kier alpha value is -1.23. The number of hydrogen-bond donors (Lipinski definition) is 0. The third-order valence-electron chi connectivity index (χ3n) is 5.07. The Morgan fingerprint density at radius 1 is 1.12 bits per heavy atom. The predicted octanol–water partition coefficient (Wildman–Crippen LogP) is 5.08. The van der Waals surface area contributed by atoms with Gasteiger partial charge >= 0.3 is 0 Å². The molecule has 2 saturated carbocycles. The standard InChI is InChI=1S/C18H15Cl2NO2S/c1-8-15(14-16(22)9-2-3-10(6-9)17(14)23)21-18(24-8)12-5-4-11(19)7-13(12)20/h4-5,7,9-10,14H,2-3,6H2,1H3/t9-,10+,14?. The highest BCUT2D eigenvalue weighted by atomic mass is 35.5. The predicted molar refractivity (Wildman–Crippen MR) is 95.9 cm³/mol. The van der Waals surface area contributed by atoms with Crippen LogP contribution in [0.5, 0.6) is 0 Å². The number of halogens is 2. The van der Waals surface area contributed by atoms with E-state index in [0.29, 0.717) is 15.7 Å². The lowest BCUT2D eigenvalue weighted by Crippen LogP contribution is -2.35. The van der Waals surface area contributed by atoms with Crippen molar-refractivity contribution in [2.45, 2.75) is 32.1 Å². The number of Topliss-reactive ketones (excluding diaryl/α,β-unsaturated/α-hetero) is 2. The number of hydrogen-bond acceptors (Lipinski definition) is 4. The van der Waals surface area contributed by atoms with Gasteiger partial charge in [0, 0.05) is 27.3 Å². The summed E-state index contributed by atoms with van der Waals surface area (Å²) in [7, 11) is 0. The zero-order chi connectivity index (χ0) is 17.0. The number of carbonyl (C=O) groups excluding carboxylic acids is 2. The molecular weight excluding hydrogens is 365 g/mol. The lowest BCUT2D eigenvalue weighted by atomic mass is 9.77. The minimum absolute atomic E-state index is 0.0290. The van der Waals surface area contributed by atoms with Gasteiger partial charge in [-0.3, -0.25) is 9.59 Å². The fourth-order valence-corrected chi connectivity index (χ4v) is 5.38. The smallest absolute Gasteiger partial charge is 0.152 e. The van der Waals surface area contributed by atoms with E-state index in [2.05, 4.69) is 4.98 Å². The summed E-state index contributed by atoms with van der Waals surface area (Å²) in [5.74, 6) is -0.526. The molecule has 1 heterocycles. The molecule has 1 unspecified atom stereocenters. The molecule has 0 spiro atoms. The number of aryl methyl sites for hydroxylation is 1. The largest absolute Gasteiger partial charge is 0.298 e. The molecule has 124 valence electrons. The van der Waals surface area contributed by atoms with Crippen LogP contribution in [0.25, 0.3) is 10.6 Å². The van der Waals surface area contributed by atoms with Gasteiger partial charge in [-0.25, -0.2) is 4.98 Å². The Morgan fingerprint density at radius 3 is 2.42 bits per heavy atom. The molecule has 2 aromatic rings. The summed E-state index contributed by atoms with van der Waals surface area (Å²) < 4.78 is 0.